The van der Waals surface area contributed by atoms with Gasteiger partial charge in [-0.15, -0.1) is 0 Å². The van der Waals surface area contributed by atoms with Gasteiger partial charge in [0, 0.05) is 18.0 Å². The Morgan fingerprint density at radius 1 is 1.04 bits per heavy atom. The molecule has 0 aliphatic carbocycles. The summed E-state index contributed by atoms with van der Waals surface area (Å²) in [6.07, 6.45) is 0. The van der Waals surface area contributed by atoms with E-state index in [0.29, 0.717) is 23.5 Å². The van der Waals surface area contributed by atoms with Crippen LogP contribution in [-0.4, -0.2) is 33.2 Å². The van der Waals surface area contributed by atoms with Crippen molar-refractivity contribution in [1.29, 1.82) is 0 Å². The monoisotopic (exact) mass is 372 g/mol. The number of pyridine rings is 1. The van der Waals surface area contributed by atoms with Gasteiger partial charge < -0.3 is 4.90 Å². The van der Waals surface area contributed by atoms with Crippen LogP contribution < -0.4 is 0 Å². The van der Waals surface area contributed by atoms with E-state index >= 15 is 0 Å². The van der Waals surface area contributed by atoms with Gasteiger partial charge in [0.1, 0.15) is 11.4 Å². The van der Waals surface area contributed by atoms with Crippen molar-refractivity contribution in [2.75, 3.05) is 7.05 Å². The van der Waals surface area contributed by atoms with Gasteiger partial charge in [0.2, 0.25) is 0 Å². The van der Waals surface area contributed by atoms with Crippen molar-refractivity contribution in [3.63, 3.8) is 0 Å². The van der Waals surface area contributed by atoms with Gasteiger partial charge in [-0.2, -0.15) is 0 Å². The number of aromatic nitrogens is 3. The topological polar surface area (TPSA) is 72.1 Å². The van der Waals surface area contributed by atoms with E-state index in [4.69, 9.17) is 9.61 Å². The average molecular weight is 372 g/mol. The van der Waals surface area contributed by atoms with Crippen LogP contribution in [0.3, 0.4) is 0 Å². The predicted molar refractivity (Wildman–Crippen MR) is 107 cm³/mol. The first-order valence-electron chi connectivity index (χ1n) is 9.03. The lowest BCUT2D eigenvalue weighted by Gasteiger charge is -2.18. The molecule has 0 bridgehead atoms. The van der Waals surface area contributed by atoms with Crippen LogP contribution in [0, 0.1) is 13.8 Å². The van der Waals surface area contributed by atoms with Gasteiger partial charge >= 0.3 is 0 Å². The van der Waals surface area contributed by atoms with Crippen molar-refractivity contribution in [3.8, 4) is 11.3 Å². The molecule has 2 aromatic carbocycles. The molecule has 6 heteroatoms. The maximum absolute atomic E-state index is 13.3. The largest absolute Gasteiger partial charge is 0.336 e. The third-order valence-electron chi connectivity index (χ3n) is 4.77. The molecular weight excluding hydrogens is 352 g/mol. The molecule has 0 N–H and O–H groups in total. The van der Waals surface area contributed by atoms with E-state index < -0.39 is 0 Å². The Kier molecular flexibility index (Phi) is 4.61. The number of amides is 1. The van der Waals surface area contributed by atoms with Gasteiger partial charge in [-0.1, -0.05) is 58.3 Å². The number of benzene rings is 2. The van der Waals surface area contributed by atoms with Crippen molar-refractivity contribution in [2.24, 2.45) is 0 Å². The third kappa shape index (κ3) is 3.36. The summed E-state index contributed by atoms with van der Waals surface area (Å²) < 4.78 is 4.74. The van der Waals surface area contributed by atoms with Gasteiger partial charge in [0.05, 0.1) is 23.3 Å². The maximum atomic E-state index is 13.3. The number of hydrogen-bond donors (Lipinski definition) is 0. The summed E-state index contributed by atoms with van der Waals surface area (Å²) in [6, 6.07) is 17.7. The van der Waals surface area contributed by atoms with E-state index in [9.17, 15) is 4.79 Å². The fourth-order valence-electron chi connectivity index (χ4n) is 3.12. The predicted octanol–water partition coefficient (Wildman–Crippen LogP) is 4.17. The highest BCUT2D eigenvalue weighted by Crippen LogP contribution is 2.26. The van der Waals surface area contributed by atoms with Gasteiger partial charge in [0.25, 0.3) is 5.91 Å². The van der Waals surface area contributed by atoms with Crippen LogP contribution in [0.1, 0.15) is 27.3 Å². The molecule has 1 amide bonds. The maximum Gasteiger partial charge on any atom is 0.254 e. The highest BCUT2D eigenvalue weighted by molar-refractivity contribution is 6.07. The summed E-state index contributed by atoms with van der Waals surface area (Å²) in [7, 11) is 1.75. The van der Waals surface area contributed by atoms with Crippen LogP contribution >= 0.6 is 0 Å². The lowest BCUT2D eigenvalue weighted by atomic mass is 10.0. The first-order chi connectivity index (χ1) is 13.5. The van der Waals surface area contributed by atoms with E-state index in [-0.39, 0.29) is 5.91 Å². The van der Waals surface area contributed by atoms with Crippen LogP contribution in [0.2, 0.25) is 0 Å². The number of para-hydroxylation sites is 1. The van der Waals surface area contributed by atoms with Gasteiger partial charge in [-0.3, -0.25) is 4.79 Å². The average Bonchev–Trinajstić information content (AvgIpc) is 3.11. The summed E-state index contributed by atoms with van der Waals surface area (Å²) in [4.78, 5) is 19.6. The second-order valence-corrected chi connectivity index (χ2v) is 6.90. The number of carbonyl (C=O) groups is 1. The first-order valence-corrected chi connectivity index (χ1v) is 9.03. The summed E-state index contributed by atoms with van der Waals surface area (Å²) in [5, 5.41) is 8.48. The number of aryl methyl sites for hydroxylation is 2. The number of fused-ring (bicyclic) bond motifs is 1. The van der Waals surface area contributed by atoms with Crippen molar-refractivity contribution < 1.29 is 9.42 Å². The van der Waals surface area contributed by atoms with Crippen LogP contribution in [0.15, 0.2) is 59.2 Å². The van der Waals surface area contributed by atoms with Crippen molar-refractivity contribution in [1.82, 2.24) is 20.2 Å². The number of nitrogens with zero attached hydrogens (tertiary/aromatic N) is 4. The molecule has 0 spiro atoms. The van der Waals surface area contributed by atoms with Gasteiger partial charge in [-0.25, -0.2) is 9.61 Å². The molecule has 0 saturated heterocycles. The Bertz CT molecular complexity index is 1150. The smallest absolute Gasteiger partial charge is 0.254 e. The van der Waals surface area contributed by atoms with E-state index in [1.54, 1.807) is 11.9 Å². The van der Waals surface area contributed by atoms with Crippen molar-refractivity contribution >= 4 is 16.8 Å². The zero-order valence-corrected chi connectivity index (χ0v) is 16.0. The lowest BCUT2D eigenvalue weighted by molar-refractivity contribution is 0.0783. The zero-order valence-electron chi connectivity index (χ0n) is 16.0. The van der Waals surface area contributed by atoms with E-state index in [2.05, 4.69) is 10.3 Å². The zero-order chi connectivity index (χ0) is 19.7. The molecule has 4 rings (SSSR count). The minimum absolute atomic E-state index is 0.102. The Labute approximate surface area is 162 Å². The molecular formula is C22H20N4O2. The molecule has 28 heavy (non-hydrogen) atoms. The lowest BCUT2D eigenvalue weighted by Crippen LogP contribution is -2.27. The number of carbonyl (C=O) groups excluding carboxylic acids is 1. The van der Waals surface area contributed by atoms with E-state index in [1.165, 1.54) is 5.56 Å². The Balaban J connectivity index is 1.77. The van der Waals surface area contributed by atoms with E-state index in [1.807, 2.05) is 68.4 Å². The van der Waals surface area contributed by atoms with E-state index in [0.717, 1.165) is 22.2 Å². The molecule has 0 aliphatic heterocycles. The van der Waals surface area contributed by atoms with Crippen molar-refractivity contribution in [3.05, 3.63) is 77.1 Å². The summed E-state index contributed by atoms with van der Waals surface area (Å²) in [5.41, 5.74) is 5.65. The van der Waals surface area contributed by atoms with Gasteiger partial charge in [-0.05, 0) is 26.0 Å². The van der Waals surface area contributed by atoms with Gasteiger partial charge in [0.15, 0.2) is 0 Å². The molecule has 4 aromatic rings. The van der Waals surface area contributed by atoms with Crippen molar-refractivity contribution in [2.45, 2.75) is 20.4 Å². The fourth-order valence-corrected chi connectivity index (χ4v) is 3.12. The Morgan fingerprint density at radius 3 is 2.50 bits per heavy atom. The molecule has 0 saturated carbocycles. The number of rotatable bonds is 4. The Hall–Kier alpha value is -3.54. The molecule has 6 nitrogen and oxygen atoms in total. The number of hydrogen-bond acceptors (Lipinski definition) is 5. The second kappa shape index (κ2) is 7.23. The highest BCUT2D eigenvalue weighted by Gasteiger charge is 2.19. The molecule has 140 valence electrons. The summed E-state index contributed by atoms with van der Waals surface area (Å²) >= 11 is 0. The standard InChI is InChI=1S/C22H20N4O2/c1-14-8-10-16(11-9-14)20-12-18(17-6-4-5-7-19(17)23-20)22(27)26(3)13-21-15(2)24-28-25-21/h4-12H,13H2,1-3H3. The normalized spacial score (nSPS) is 11.0. The fraction of sp³-hybridized carbons (Fsp3) is 0.182. The molecule has 0 unspecified atom stereocenters. The molecule has 0 atom stereocenters. The quantitative estimate of drug-likeness (QED) is 0.537. The summed E-state index contributed by atoms with van der Waals surface area (Å²) in [6.45, 7) is 4.18. The van der Waals surface area contributed by atoms with Crippen LogP contribution in [0.5, 0.6) is 0 Å². The van der Waals surface area contributed by atoms with Crippen LogP contribution in [0.4, 0.5) is 0 Å². The summed E-state index contributed by atoms with van der Waals surface area (Å²) in [5.74, 6) is -0.102. The second-order valence-electron chi connectivity index (χ2n) is 6.90. The highest BCUT2D eigenvalue weighted by atomic mass is 16.6. The first kappa shape index (κ1) is 17.9. The van der Waals surface area contributed by atoms with Crippen LogP contribution in [-0.2, 0) is 6.54 Å². The minimum atomic E-state index is -0.102. The molecule has 2 heterocycles. The third-order valence-corrected chi connectivity index (χ3v) is 4.77. The minimum Gasteiger partial charge on any atom is -0.336 e. The SMILES string of the molecule is Cc1ccc(-c2cc(C(=O)N(C)Cc3nonc3C)c3ccccc3n2)cc1. The molecule has 2 aromatic heterocycles. The molecule has 0 fully saturated rings. The van der Waals surface area contributed by atoms with Crippen LogP contribution in [0.25, 0.3) is 22.2 Å². The molecule has 0 radical (unpaired) electrons. The molecule has 0 aliphatic rings. The Morgan fingerprint density at radius 2 is 1.79 bits per heavy atom.